The van der Waals surface area contributed by atoms with Gasteiger partial charge in [-0.15, -0.1) is 0 Å². The van der Waals surface area contributed by atoms with E-state index in [4.69, 9.17) is 4.52 Å². The van der Waals surface area contributed by atoms with Crippen LogP contribution in [0.2, 0.25) is 0 Å². The van der Waals surface area contributed by atoms with Crippen molar-refractivity contribution in [2.24, 2.45) is 5.92 Å². The van der Waals surface area contributed by atoms with E-state index in [1.807, 2.05) is 0 Å². The number of benzene rings is 1. The Morgan fingerprint density at radius 3 is 2.52 bits per heavy atom. The second-order valence-corrected chi connectivity index (χ2v) is 6.64. The maximum atomic E-state index is 12.6. The van der Waals surface area contributed by atoms with Gasteiger partial charge >= 0.3 is 0 Å². The van der Waals surface area contributed by atoms with Crippen LogP contribution < -0.4 is 5.32 Å². The minimum Gasteiger partial charge on any atom is -0.360 e. The summed E-state index contributed by atoms with van der Waals surface area (Å²) in [5.41, 5.74) is 0.854. The minimum absolute atomic E-state index is 0.00924. The normalized spacial score (nSPS) is 14.8. The highest BCUT2D eigenvalue weighted by Crippen LogP contribution is 2.23. The maximum absolute atomic E-state index is 12.6. The van der Waals surface area contributed by atoms with E-state index < -0.39 is 4.92 Å². The first-order chi connectivity index (χ1) is 12.8. The number of aryl methyl sites for hydroxylation is 2. The van der Waals surface area contributed by atoms with E-state index in [0.29, 0.717) is 48.6 Å². The smallest absolute Gasteiger partial charge is 0.272 e. The van der Waals surface area contributed by atoms with Crippen molar-refractivity contribution in [2.45, 2.75) is 26.7 Å². The van der Waals surface area contributed by atoms with Gasteiger partial charge in [-0.25, -0.2) is 0 Å². The molecule has 142 valence electrons. The number of carbonyl (C=O) groups excluding carboxylic acids is 2. The number of hydrogen-bond acceptors (Lipinski definition) is 6. The molecular formula is C18H20N4O5. The summed E-state index contributed by atoms with van der Waals surface area (Å²) in [5, 5.41) is 17.4. The summed E-state index contributed by atoms with van der Waals surface area (Å²) >= 11 is 0. The quantitative estimate of drug-likeness (QED) is 0.651. The molecule has 9 nitrogen and oxygen atoms in total. The van der Waals surface area contributed by atoms with Crippen molar-refractivity contribution in [3.63, 3.8) is 0 Å². The number of nitro benzene ring substituents is 1. The van der Waals surface area contributed by atoms with Crippen molar-refractivity contribution >= 4 is 23.3 Å². The minimum atomic E-state index is -0.468. The lowest BCUT2D eigenvalue weighted by Gasteiger charge is -2.31. The van der Waals surface area contributed by atoms with Crippen LogP contribution in [0, 0.1) is 29.9 Å². The van der Waals surface area contributed by atoms with E-state index in [1.54, 1.807) is 24.8 Å². The van der Waals surface area contributed by atoms with Gasteiger partial charge in [0.05, 0.1) is 4.92 Å². The molecule has 1 N–H and O–H groups in total. The average Bonchev–Trinajstić information content (AvgIpc) is 3.05. The number of hydrogen-bond donors (Lipinski definition) is 1. The highest BCUT2D eigenvalue weighted by molar-refractivity contribution is 5.95. The summed E-state index contributed by atoms with van der Waals surface area (Å²) in [6.45, 7) is 4.25. The molecule has 1 aromatic heterocycles. The molecule has 1 aromatic carbocycles. The van der Waals surface area contributed by atoms with Crippen LogP contribution in [-0.4, -0.2) is 39.9 Å². The zero-order valence-electron chi connectivity index (χ0n) is 15.1. The first-order valence-corrected chi connectivity index (χ1v) is 8.63. The molecule has 0 aliphatic carbocycles. The molecule has 1 aliphatic heterocycles. The summed E-state index contributed by atoms with van der Waals surface area (Å²) in [6, 6.07) is 6.00. The number of rotatable bonds is 4. The highest BCUT2D eigenvalue weighted by Gasteiger charge is 2.28. The highest BCUT2D eigenvalue weighted by atomic mass is 16.6. The van der Waals surface area contributed by atoms with Gasteiger partial charge in [-0.05, 0) is 38.8 Å². The molecule has 1 fully saturated rings. The van der Waals surface area contributed by atoms with Crippen LogP contribution in [0.3, 0.4) is 0 Å². The molecule has 2 amide bonds. The first kappa shape index (κ1) is 18.6. The number of nitrogens with one attached hydrogen (secondary N) is 1. The van der Waals surface area contributed by atoms with E-state index >= 15 is 0 Å². The number of likely N-dealkylation sites (tertiary alicyclic amines) is 1. The zero-order valence-corrected chi connectivity index (χ0v) is 15.1. The molecule has 0 spiro atoms. The van der Waals surface area contributed by atoms with E-state index in [-0.39, 0.29) is 23.4 Å². The van der Waals surface area contributed by atoms with Gasteiger partial charge in [0.15, 0.2) is 5.82 Å². The fourth-order valence-electron chi connectivity index (χ4n) is 3.17. The molecule has 0 atom stereocenters. The van der Waals surface area contributed by atoms with Crippen molar-refractivity contribution in [2.75, 3.05) is 18.4 Å². The number of amides is 2. The number of aromatic nitrogens is 1. The van der Waals surface area contributed by atoms with Gasteiger partial charge in [-0.1, -0.05) is 5.16 Å². The van der Waals surface area contributed by atoms with Crippen LogP contribution in [-0.2, 0) is 4.79 Å². The van der Waals surface area contributed by atoms with Gasteiger partial charge in [0.25, 0.3) is 11.6 Å². The van der Waals surface area contributed by atoms with Crippen LogP contribution in [0.1, 0.15) is 34.5 Å². The maximum Gasteiger partial charge on any atom is 0.272 e. The molecule has 0 radical (unpaired) electrons. The van der Waals surface area contributed by atoms with Crippen LogP contribution in [0.15, 0.2) is 28.8 Å². The van der Waals surface area contributed by atoms with Gasteiger partial charge in [0.1, 0.15) is 5.76 Å². The zero-order chi connectivity index (χ0) is 19.6. The van der Waals surface area contributed by atoms with E-state index in [2.05, 4.69) is 10.5 Å². The van der Waals surface area contributed by atoms with E-state index in [0.717, 1.165) is 0 Å². The monoisotopic (exact) mass is 372 g/mol. The Balaban J connectivity index is 1.58. The molecule has 2 aromatic rings. The first-order valence-electron chi connectivity index (χ1n) is 8.63. The van der Waals surface area contributed by atoms with Crippen LogP contribution in [0.4, 0.5) is 11.5 Å². The Labute approximate surface area is 155 Å². The van der Waals surface area contributed by atoms with Crippen LogP contribution >= 0.6 is 0 Å². The van der Waals surface area contributed by atoms with E-state index in [9.17, 15) is 19.7 Å². The molecule has 27 heavy (non-hydrogen) atoms. The number of anilines is 1. The standard InChI is InChI=1S/C18H20N4O5/c1-11-9-14(3-4-15(11)22(25)26)18(24)21-7-5-13(6-8-21)17(23)19-16-10-12(2)27-20-16/h3-4,9-10,13H,5-8H2,1-2H3,(H,19,20,23). The average molecular weight is 372 g/mol. The topological polar surface area (TPSA) is 119 Å². The third kappa shape index (κ3) is 4.13. The Morgan fingerprint density at radius 2 is 1.96 bits per heavy atom. The summed E-state index contributed by atoms with van der Waals surface area (Å²) in [4.78, 5) is 37.0. The second-order valence-electron chi connectivity index (χ2n) is 6.64. The third-order valence-electron chi connectivity index (χ3n) is 4.67. The Bertz CT molecular complexity index is 884. The summed E-state index contributed by atoms with van der Waals surface area (Å²) < 4.78 is 4.92. The third-order valence-corrected chi connectivity index (χ3v) is 4.67. The van der Waals surface area contributed by atoms with Crippen molar-refractivity contribution in [3.8, 4) is 0 Å². The molecule has 0 unspecified atom stereocenters. The lowest BCUT2D eigenvalue weighted by molar-refractivity contribution is -0.385. The van der Waals surface area contributed by atoms with Crippen LogP contribution in [0.25, 0.3) is 0 Å². The predicted octanol–water partition coefficient (Wildman–Crippen LogP) is 2.69. The van der Waals surface area contributed by atoms with E-state index in [1.165, 1.54) is 18.2 Å². The van der Waals surface area contributed by atoms with Crippen molar-refractivity contribution in [1.82, 2.24) is 10.1 Å². The lowest BCUT2D eigenvalue weighted by Crippen LogP contribution is -2.41. The Kier molecular flexibility index (Phi) is 5.20. The number of carbonyl (C=O) groups is 2. The van der Waals surface area contributed by atoms with Gasteiger partial charge < -0.3 is 14.7 Å². The fraction of sp³-hybridized carbons (Fsp3) is 0.389. The molecule has 2 heterocycles. The largest absolute Gasteiger partial charge is 0.360 e. The molecule has 9 heteroatoms. The van der Waals surface area contributed by atoms with Gasteiger partial charge in [0, 0.05) is 42.3 Å². The fourth-order valence-corrected chi connectivity index (χ4v) is 3.17. The molecule has 0 saturated carbocycles. The molecule has 1 aliphatic rings. The van der Waals surface area contributed by atoms with Gasteiger partial charge in [0.2, 0.25) is 5.91 Å². The number of nitro groups is 1. The van der Waals surface area contributed by atoms with Crippen molar-refractivity contribution in [3.05, 3.63) is 51.3 Å². The van der Waals surface area contributed by atoms with Gasteiger partial charge in [-0.2, -0.15) is 0 Å². The lowest BCUT2D eigenvalue weighted by atomic mass is 9.95. The Morgan fingerprint density at radius 1 is 1.26 bits per heavy atom. The molecular weight excluding hydrogens is 352 g/mol. The summed E-state index contributed by atoms with van der Waals surface area (Å²) in [6.07, 6.45) is 1.08. The summed E-state index contributed by atoms with van der Waals surface area (Å²) in [5.74, 6) is 0.478. The number of piperidine rings is 1. The van der Waals surface area contributed by atoms with Crippen molar-refractivity contribution in [1.29, 1.82) is 0 Å². The van der Waals surface area contributed by atoms with Crippen LogP contribution in [0.5, 0.6) is 0 Å². The summed E-state index contributed by atoms with van der Waals surface area (Å²) in [7, 11) is 0. The second kappa shape index (κ2) is 7.56. The molecule has 1 saturated heterocycles. The predicted molar refractivity (Wildman–Crippen MR) is 96.3 cm³/mol. The van der Waals surface area contributed by atoms with Crippen molar-refractivity contribution < 1.29 is 19.0 Å². The molecule has 3 rings (SSSR count). The SMILES string of the molecule is Cc1cc(NC(=O)C2CCN(C(=O)c3ccc([N+](=O)[O-])c(C)c3)CC2)no1. The number of nitrogens with zero attached hydrogens (tertiary/aromatic N) is 3. The van der Waals surface area contributed by atoms with Gasteiger partial charge in [-0.3, -0.25) is 19.7 Å². The Hall–Kier alpha value is -3.23. The molecule has 0 bridgehead atoms.